The highest BCUT2D eigenvalue weighted by Gasteiger charge is 2.14. The molecule has 0 aliphatic heterocycles. The molecule has 100 valence electrons. The Morgan fingerprint density at radius 2 is 2.22 bits per heavy atom. The van der Waals surface area contributed by atoms with Gasteiger partial charge in [-0.15, -0.1) is 11.3 Å². The molecule has 0 saturated carbocycles. The van der Waals surface area contributed by atoms with Crippen LogP contribution in [0.15, 0.2) is 6.20 Å². The fourth-order valence-electron chi connectivity index (χ4n) is 2.11. The van der Waals surface area contributed by atoms with Gasteiger partial charge in [0.05, 0.1) is 17.5 Å². The van der Waals surface area contributed by atoms with E-state index in [1.165, 1.54) is 10.6 Å². The Labute approximate surface area is 112 Å². The summed E-state index contributed by atoms with van der Waals surface area (Å²) in [4.78, 5) is 9.06. The standard InChI is InChI=1S/C13H21N3OS/c1-5-11(17)7-15(4)8-12-10(3)14-13-16(12)6-9(2)18-13/h6,11,17H,5,7-8H2,1-4H3/t11-/m1/s1. The zero-order valence-corrected chi connectivity index (χ0v) is 12.3. The maximum atomic E-state index is 9.68. The summed E-state index contributed by atoms with van der Waals surface area (Å²) in [6.45, 7) is 7.67. The van der Waals surface area contributed by atoms with Gasteiger partial charge in [-0.2, -0.15) is 0 Å². The monoisotopic (exact) mass is 267 g/mol. The molecule has 0 radical (unpaired) electrons. The van der Waals surface area contributed by atoms with Gasteiger partial charge in [0, 0.05) is 24.2 Å². The molecule has 0 bridgehead atoms. The largest absolute Gasteiger partial charge is 0.392 e. The van der Waals surface area contributed by atoms with Crippen LogP contribution in [0.2, 0.25) is 0 Å². The SMILES string of the molecule is CC[C@@H](O)CN(C)Cc1c(C)nc2sc(C)cn12. The molecule has 0 spiro atoms. The molecule has 2 rings (SSSR count). The lowest BCUT2D eigenvalue weighted by molar-refractivity contribution is 0.118. The summed E-state index contributed by atoms with van der Waals surface area (Å²) < 4.78 is 2.17. The van der Waals surface area contributed by atoms with E-state index in [0.29, 0.717) is 6.54 Å². The smallest absolute Gasteiger partial charge is 0.194 e. The van der Waals surface area contributed by atoms with Crippen molar-refractivity contribution in [3.63, 3.8) is 0 Å². The van der Waals surface area contributed by atoms with Crippen LogP contribution in [-0.4, -0.2) is 39.1 Å². The van der Waals surface area contributed by atoms with Gasteiger partial charge < -0.3 is 5.11 Å². The molecule has 0 unspecified atom stereocenters. The van der Waals surface area contributed by atoms with Crippen LogP contribution < -0.4 is 0 Å². The van der Waals surface area contributed by atoms with E-state index in [1.807, 2.05) is 14.0 Å². The van der Waals surface area contributed by atoms with E-state index in [-0.39, 0.29) is 6.10 Å². The number of fused-ring (bicyclic) bond motifs is 1. The highest BCUT2D eigenvalue weighted by atomic mass is 32.1. The summed E-state index contributed by atoms with van der Waals surface area (Å²) in [7, 11) is 2.04. The van der Waals surface area contributed by atoms with E-state index in [1.54, 1.807) is 11.3 Å². The minimum Gasteiger partial charge on any atom is -0.392 e. The Hall–Kier alpha value is -0.910. The van der Waals surface area contributed by atoms with E-state index in [4.69, 9.17) is 0 Å². The lowest BCUT2D eigenvalue weighted by atomic mass is 10.2. The molecular weight excluding hydrogens is 246 g/mol. The molecule has 1 atom stereocenters. The van der Waals surface area contributed by atoms with Crippen LogP contribution in [0.1, 0.15) is 29.6 Å². The third kappa shape index (κ3) is 2.74. The molecule has 0 amide bonds. The molecule has 0 aliphatic carbocycles. The number of thiazole rings is 1. The molecule has 18 heavy (non-hydrogen) atoms. The van der Waals surface area contributed by atoms with Gasteiger partial charge in [0.1, 0.15) is 0 Å². The first-order valence-electron chi connectivity index (χ1n) is 6.31. The average molecular weight is 267 g/mol. The number of rotatable bonds is 5. The first kappa shape index (κ1) is 13.5. The van der Waals surface area contributed by atoms with E-state index >= 15 is 0 Å². The predicted octanol–water partition coefficient (Wildman–Crippen LogP) is 2.22. The van der Waals surface area contributed by atoms with Crippen LogP contribution in [0.4, 0.5) is 0 Å². The normalized spacial score (nSPS) is 13.7. The molecule has 0 saturated heterocycles. The quantitative estimate of drug-likeness (QED) is 0.903. The number of hydrogen-bond acceptors (Lipinski definition) is 4. The fourth-order valence-corrected chi connectivity index (χ4v) is 3.00. The second-order valence-electron chi connectivity index (χ2n) is 4.90. The van der Waals surface area contributed by atoms with Gasteiger partial charge in [0.2, 0.25) is 0 Å². The minimum absolute atomic E-state index is 0.247. The first-order valence-corrected chi connectivity index (χ1v) is 7.13. The Kier molecular flexibility index (Phi) is 4.04. The number of aliphatic hydroxyl groups excluding tert-OH is 1. The van der Waals surface area contributed by atoms with Crippen molar-refractivity contribution in [2.24, 2.45) is 0 Å². The summed E-state index contributed by atoms with van der Waals surface area (Å²) >= 11 is 1.72. The van der Waals surface area contributed by atoms with Crippen LogP contribution in [0.5, 0.6) is 0 Å². The molecule has 1 N–H and O–H groups in total. The van der Waals surface area contributed by atoms with Gasteiger partial charge in [0.15, 0.2) is 4.96 Å². The van der Waals surface area contributed by atoms with Gasteiger partial charge >= 0.3 is 0 Å². The second kappa shape index (κ2) is 5.38. The maximum Gasteiger partial charge on any atom is 0.194 e. The molecule has 2 aromatic rings. The molecule has 0 aliphatic rings. The number of hydrogen-bond donors (Lipinski definition) is 1. The van der Waals surface area contributed by atoms with E-state index < -0.39 is 0 Å². The van der Waals surface area contributed by atoms with E-state index in [9.17, 15) is 5.11 Å². The molecule has 0 fully saturated rings. The summed E-state index contributed by atoms with van der Waals surface area (Å²) in [6, 6.07) is 0. The van der Waals surface area contributed by atoms with E-state index in [0.717, 1.165) is 23.6 Å². The van der Waals surface area contributed by atoms with Crippen molar-refractivity contribution in [2.45, 2.75) is 39.8 Å². The Morgan fingerprint density at radius 3 is 2.89 bits per heavy atom. The molecular formula is C13H21N3OS. The average Bonchev–Trinajstić information content (AvgIpc) is 2.77. The van der Waals surface area contributed by atoms with Gasteiger partial charge in [-0.25, -0.2) is 4.98 Å². The van der Waals surface area contributed by atoms with Crippen molar-refractivity contribution in [3.8, 4) is 0 Å². The lowest BCUT2D eigenvalue weighted by Crippen LogP contribution is -2.28. The molecule has 2 aromatic heterocycles. The maximum absolute atomic E-state index is 9.68. The van der Waals surface area contributed by atoms with Gasteiger partial charge in [-0.05, 0) is 27.3 Å². The zero-order valence-electron chi connectivity index (χ0n) is 11.5. The number of imidazole rings is 1. The van der Waals surface area contributed by atoms with Crippen molar-refractivity contribution in [1.82, 2.24) is 14.3 Å². The molecule has 4 nitrogen and oxygen atoms in total. The summed E-state index contributed by atoms with van der Waals surface area (Å²) in [5.41, 5.74) is 2.30. The topological polar surface area (TPSA) is 40.8 Å². The fraction of sp³-hybridized carbons (Fsp3) is 0.615. The lowest BCUT2D eigenvalue weighted by Gasteiger charge is -2.19. The van der Waals surface area contributed by atoms with Gasteiger partial charge in [-0.1, -0.05) is 6.92 Å². The van der Waals surface area contributed by atoms with Crippen LogP contribution >= 0.6 is 11.3 Å². The van der Waals surface area contributed by atoms with Crippen molar-refractivity contribution >= 4 is 16.3 Å². The molecule has 5 heteroatoms. The minimum atomic E-state index is -0.247. The third-order valence-corrected chi connectivity index (χ3v) is 4.05. The number of aromatic nitrogens is 2. The first-order chi connectivity index (χ1) is 8.51. The summed E-state index contributed by atoms with van der Waals surface area (Å²) in [5, 5.41) is 9.68. The number of aryl methyl sites for hydroxylation is 2. The number of aliphatic hydroxyl groups is 1. The molecule has 2 heterocycles. The van der Waals surface area contributed by atoms with Crippen LogP contribution in [-0.2, 0) is 6.54 Å². The van der Waals surface area contributed by atoms with Crippen LogP contribution in [0, 0.1) is 13.8 Å². The molecule has 0 aromatic carbocycles. The van der Waals surface area contributed by atoms with Crippen molar-refractivity contribution in [2.75, 3.05) is 13.6 Å². The van der Waals surface area contributed by atoms with Crippen molar-refractivity contribution < 1.29 is 5.11 Å². The van der Waals surface area contributed by atoms with Gasteiger partial charge in [-0.3, -0.25) is 9.30 Å². The number of nitrogens with zero attached hydrogens (tertiary/aromatic N) is 3. The highest BCUT2D eigenvalue weighted by Crippen LogP contribution is 2.21. The third-order valence-electron chi connectivity index (χ3n) is 3.15. The van der Waals surface area contributed by atoms with Crippen LogP contribution in [0.3, 0.4) is 0 Å². The summed E-state index contributed by atoms with van der Waals surface area (Å²) in [5.74, 6) is 0. The second-order valence-corrected chi connectivity index (χ2v) is 6.11. The summed E-state index contributed by atoms with van der Waals surface area (Å²) in [6.07, 6.45) is 2.69. The van der Waals surface area contributed by atoms with E-state index in [2.05, 4.69) is 34.3 Å². The van der Waals surface area contributed by atoms with Crippen molar-refractivity contribution in [3.05, 3.63) is 22.5 Å². The highest BCUT2D eigenvalue weighted by molar-refractivity contribution is 7.17. The number of likely N-dealkylation sites (N-methyl/N-ethyl adjacent to an activating group) is 1. The Balaban J connectivity index is 2.17. The van der Waals surface area contributed by atoms with Crippen molar-refractivity contribution in [1.29, 1.82) is 0 Å². The predicted molar refractivity (Wildman–Crippen MR) is 75.2 cm³/mol. The Bertz CT molecular complexity index is 532. The zero-order chi connectivity index (χ0) is 13.3. The van der Waals surface area contributed by atoms with Crippen LogP contribution in [0.25, 0.3) is 4.96 Å². The van der Waals surface area contributed by atoms with Gasteiger partial charge in [0.25, 0.3) is 0 Å². The Morgan fingerprint density at radius 1 is 1.50 bits per heavy atom.